The summed E-state index contributed by atoms with van der Waals surface area (Å²) in [5.74, 6) is -0.261. The van der Waals surface area contributed by atoms with Crippen molar-refractivity contribution in [2.75, 3.05) is 20.3 Å². The van der Waals surface area contributed by atoms with Gasteiger partial charge in [0.25, 0.3) is 0 Å². The lowest BCUT2D eigenvalue weighted by Gasteiger charge is -2.43. The predicted molar refractivity (Wildman–Crippen MR) is 70.3 cm³/mol. The third kappa shape index (κ3) is 3.23. The van der Waals surface area contributed by atoms with E-state index >= 15 is 0 Å². The second-order valence-corrected chi connectivity index (χ2v) is 4.82. The molecule has 0 aliphatic heterocycles. The van der Waals surface area contributed by atoms with E-state index in [2.05, 4.69) is 10.6 Å². The molecular formula is C14H19FN2O2. The van der Waals surface area contributed by atoms with E-state index < -0.39 is 0 Å². The quantitative estimate of drug-likeness (QED) is 0.802. The second kappa shape index (κ2) is 6.02. The number of nitrogens with one attached hydrogen (secondary N) is 2. The molecule has 0 atom stereocenters. The lowest BCUT2D eigenvalue weighted by molar-refractivity contribution is 0.169. The highest BCUT2D eigenvalue weighted by Crippen LogP contribution is 2.41. The van der Waals surface area contributed by atoms with Crippen LogP contribution in [0, 0.1) is 5.82 Å². The summed E-state index contributed by atoms with van der Waals surface area (Å²) in [6, 6.07) is 6.13. The third-order valence-electron chi connectivity index (χ3n) is 3.55. The van der Waals surface area contributed by atoms with Gasteiger partial charge in [0, 0.05) is 13.7 Å². The van der Waals surface area contributed by atoms with E-state index in [1.807, 2.05) is 0 Å². The minimum atomic E-state index is -0.342. The lowest BCUT2D eigenvalue weighted by Crippen LogP contribution is -2.54. The van der Waals surface area contributed by atoms with Gasteiger partial charge in [-0.1, -0.05) is 12.1 Å². The minimum Gasteiger partial charge on any atom is -0.383 e. The predicted octanol–water partition coefficient (Wildman–Crippen LogP) is 2.15. The molecule has 1 aliphatic carbocycles. The molecule has 4 nitrogen and oxygen atoms in total. The number of carbonyl (C=O) groups excluding carboxylic acids is 1. The fraction of sp³-hybridized carbons (Fsp3) is 0.500. The molecule has 0 spiro atoms. The van der Waals surface area contributed by atoms with Gasteiger partial charge in [0.05, 0.1) is 12.1 Å². The summed E-state index contributed by atoms with van der Waals surface area (Å²) < 4.78 is 17.8. The molecule has 0 bridgehead atoms. The Morgan fingerprint density at radius 1 is 1.37 bits per heavy atom. The summed E-state index contributed by atoms with van der Waals surface area (Å²) >= 11 is 0. The van der Waals surface area contributed by atoms with Gasteiger partial charge in [-0.3, -0.25) is 0 Å². The van der Waals surface area contributed by atoms with Crippen molar-refractivity contribution in [1.82, 2.24) is 10.6 Å². The van der Waals surface area contributed by atoms with Gasteiger partial charge in [0.15, 0.2) is 0 Å². The van der Waals surface area contributed by atoms with Crippen molar-refractivity contribution in [2.45, 2.75) is 24.8 Å². The summed E-state index contributed by atoms with van der Waals surface area (Å²) in [6.45, 7) is 0.957. The van der Waals surface area contributed by atoms with Crippen molar-refractivity contribution in [1.29, 1.82) is 0 Å². The van der Waals surface area contributed by atoms with Crippen LogP contribution in [0.1, 0.15) is 24.8 Å². The average molecular weight is 266 g/mol. The first-order chi connectivity index (χ1) is 9.16. The molecule has 2 amide bonds. The first kappa shape index (κ1) is 13.8. The zero-order valence-corrected chi connectivity index (χ0v) is 11.0. The smallest absolute Gasteiger partial charge is 0.315 e. The van der Waals surface area contributed by atoms with Crippen molar-refractivity contribution in [3.8, 4) is 0 Å². The fourth-order valence-corrected chi connectivity index (χ4v) is 2.31. The van der Waals surface area contributed by atoms with Crippen LogP contribution in [0.2, 0.25) is 0 Å². The van der Waals surface area contributed by atoms with Crippen LogP contribution in [0.3, 0.4) is 0 Å². The molecule has 2 N–H and O–H groups in total. The maximum Gasteiger partial charge on any atom is 0.315 e. The number of ether oxygens (including phenoxy) is 1. The first-order valence-corrected chi connectivity index (χ1v) is 6.47. The third-order valence-corrected chi connectivity index (χ3v) is 3.55. The molecule has 1 aromatic carbocycles. The molecular weight excluding hydrogens is 247 g/mol. The standard InChI is InChI=1S/C14H19FN2O2/c1-19-10-9-16-13(18)17-14(7-2-8-14)11-3-5-12(15)6-4-11/h3-6H,2,7-10H2,1H3,(H2,16,17,18). The number of urea groups is 1. The Morgan fingerprint density at radius 2 is 2.05 bits per heavy atom. The van der Waals surface area contributed by atoms with Crippen LogP contribution in [-0.2, 0) is 10.3 Å². The van der Waals surface area contributed by atoms with Gasteiger partial charge >= 0.3 is 6.03 Å². The Balaban J connectivity index is 1.98. The van der Waals surface area contributed by atoms with Gasteiger partial charge in [-0.2, -0.15) is 0 Å². The zero-order chi connectivity index (χ0) is 13.7. The van der Waals surface area contributed by atoms with Gasteiger partial charge in [-0.15, -0.1) is 0 Å². The molecule has 19 heavy (non-hydrogen) atoms. The first-order valence-electron chi connectivity index (χ1n) is 6.47. The lowest BCUT2D eigenvalue weighted by atomic mass is 9.72. The fourth-order valence-electron chi connectivity index (χ4n) is 2.31. The molecule has 1 fully saturated rings. The number of amides is 2. The normalized spacial score (nSPS) is 16.5. The molecule has 2 rings (SSSR count). The highest BCUT2D eigenvalue weighted by atomic mass is 19.1. The molecule has 0 aromatic heterocycles. The van der Waals surface area contributed by atoms with E-state index in [1.165, 1.54) is 12.1 Å². The van der Waals surface area contributed by atoms with Gasteiger partial charge in [0.2, 0.25) is 0 Å². The zero-order valence-electron chi connectivity index (χ0n) is 11.0. The number of rotatable bonds is 5. The minimum absolute atomic E-state index is 0.207. The van der Waals surface area contributed by atoms with Crippen molar-refractivity contribution < 1.29 is 13.9 Å². The Morgan fingerprint density at radius 3 is 2.58 bits per heavy atom. The van der Waals surface area contributed by atoms with E-state index in [0.717, 1.165) is 24.8 Å². The molecule has 0 radical (unpaired) electrons. The largest absolute Gasteiger partial charge is 0.383 e. The molecule has 0 heterocycles. The molecule has 1 aromatic rings. The Hall–Kier alpha value is -1.62. The van der Waals surface area contributed by atoms with E-state index in [4.69, 9.17) is 4.74 Å². The Bertz CT molecular complexity index is 430. The summed E-state index contributed by atoms with van der Waals surface area (Å²) in [5.41, 5.74) is 0.618. The number of benzene rings is 1. The van der Waals surface area contributed by atoms with Crippen LogP contribution in [0.25, 0.3) is 0 Å². The van der Waals surface area contributed by atoms with Crippen molar-refractivity contribution >= 4 is 6.03 Å². The van der Waals surface area contributed by atoms with E-state index in [1.54, 1.807) is 19.2 Å². The van der Waals surface area contributed by atoms with Crippen LogP contribution in [0.15, 0.2) is 24.3 Å². The topological polar surface area (TPSA) is 50.4 Å². The molecule has 1 saturated carbocycles. The Kier molecular flexibility index (Phi) is 4.37. The maximum atomic E-state index is 13.0. The number of halogens is 1. The number of hydrogen-bond acceptors (Lipinski definition) is 2. The average Bonchev–Trinajstić information content (AvgIpc) is 2.35. The van der Waals surface area contributed by atoms with Crippen LogP contribution in [0.4, 0.5) is 9.18 Å². The monoisotopic (exact) mass is 266 g/mol. The van der Waals surface area contributed by atoms with Crippen LogP contribution >= 0.6 is 0 Å². The summed E-state index contributed by atoms with van der Waals surface area (Å²) in [7, 11) is 1.59. The Labute approximate surface area is 112 Å². The molecule has 5 heteroatoms. The SMILES string of the molecule is COCCNC(=O)NC1(c2ccc(F)cc2)CCC1. The summed E-state index contributed by atoms with van der Waals surface area (Å²) in [6.07, 6.45) is 2.84. The van der Waals surface area contributed by atoms with Crippen molar-refractivity contribution in [3.05, 3.63) is 35.6 Å². The highest BCUT2D eigenvalue weighted by Gasteiger charge is 2.39. The van der Waals surface area contributed by atoms with Gasteiger partial charge in [-0.25, -0.2) is 9.18 Å². The van der Waals surface area contributed by atoms with Crippen LogP contribution in [0.5, 0.6) is 0 Å². The summed E-state index contributed by atoms with van der Waals surface area (Å²) in [5, 5.41) is 5.74. The van der Waals surface area contributed by atoms with Crippen molar-refractivity contribution in [3.63, 3.8) is 0 Å². The van der Waals surface area contributed by atoms with Crippen molar-refractivity contribution in [2.24, 2.45) is 0 Å². The molecule has 1 aliphatic rings. The van der Waals surface area contributed by atoms with Gasteiger partial charge in [0.1, 0.15) is 5.82 Å². The van der Waals surface area contributed by atoms with E-state index in [-0.39, 0.29) is 17.4 Å². The van der Waals surface area contributed by atoms with Crippen LogP contribution < -0.4 is 10.6 Å². The maximum absolute atomic E-state index is 13.0. The second-order valence-electron chi connectivity index (χ2n) is 4.82. The highest BCUT2D eigenvalue weighted by molar-refractivity contribution is 5.75. The van der Waals surface area contributed by atoms with E-state index in [9.17, 15) is 9.18 Å². The van der Waals surface area contributed by atoms with Crippen LogP contribution in [-0.4, -0.2) is 26.3 Å². The molecule has 104 valence electrons. The van der Waals surface area contributed by atoms with Gasteiger partial charge < -0.3 is 15.4 Å². The van der Waals surface area contributed by atoms with Gasteiger partial charge in [-0.05, 0) is 37.0 Å². The van der Waals surface area contributed by atoms with E-state index in [0.29, 0.717) is 13.2 Å². The number of hydrogen-bond donors (Lipinski definition) is 2. The summed E-state index contributed by atoms with van der Waals surface area (Å²) in [4.78, 5) is 11.8. The molecule has 0 saturated heterocycles. The molecule has 0 unspecified atom stereocenters. The number of methoxy groups -OCH3 is 1. The number of carbonyl (C=O) groups is 1.